The van der Waals surface area contributed by atoms with Crippen molar-refractivity contribution in [2.45, 2.75) is 19.8 Å². The molecule has 0 heterocycles. The van der Waals surface area contributed by atoms with Crippen molar-refractivity contribution in [2.75, 3.05) is 0 Å². The van der Waals surface area contributed by atoms with E-state index < -0.39 is 0 Å². The van der Waals surface area contributed by atoms with Crippen LogP contribution in [0, 0.1) is 0 Å². The maximum Gasteiger partial charge on any atom is 0.172 e. The first-order valence-electron chi connectivity index (χ1n) is 2.75. The Hall–Kier alpha value is -0.310. The number of Topliss-reactive ketones (excluding diaryl/α,β-unsaturated/α-hetero) is 1. The normalized spacial score (nSPS) is 11.6. The molecular weight excluding hydrogens is 184 g/mol. The highest BCUT2D eigenvalue weighted by Crippen LogP contribution is 2.08. The number of carbonyl (C=O) groups is 1. The van der Waals surface area contributed by atoms with Gasteiger partial charge in [0.1, 0.15) is 0 Å². The molecule has 1 N–H and O–H groups in total. The molecule has 0 aromatic rings. The zero-order chi connectivity index (χ0) is 7.28. The lowest BCUT2D eigenvalue weighted by molar-refractivity contribution is -0.114. The lowest BCUT2D eigenvalue weighted by atomic mass is 10.2. The Morgan fingerprint density at radius 3 is 2.67 bits per heavy atom. The molecule has 0 atom stereocenters. The number of aliphatic hydroxyl groups is 1. The van der Waals surface area contributed by atoms with Gasteiger partial charge in [0.25, 0.3) is 0 Å². The Bertz CT molecular complexity index is 129. The molecule has 0 spiro atoms. The Balaban J connectivity index is 3.74. The number of hydrogen-bond donors (Lipinski definition) is 1. The van der Waals surface area contributed by atoms with Crippen molar-refractivity contribution < 1.29 is 9.90 Å². The molecule has 0 aliphatic heterocycles. The summed E-state index contributed by atoms with van der Waals surface area (Å²) in [5, 5.41) is 8.30. The van der Waals surface area contributed by atoms with E-state index in [2.05, 4.69) is 15.9 Å². The SMILES string of the molecule is CCCC(=O)/C(Br)=C\O. The number of hydrogen-bond acceptors (Lipinski definition) is 2. The first-order valence-corrected chi connectivity index (χ1v) is 3.54. The average Bonchev–Trinajstić information content (AvgIpc) is 1.87. The summed E-state index contributed by atoms with van der Waals surface area (Å²) < 4.78 is 0.254. The van der Waals surface area contributed by atoms with Crippen molar-refractivity contribution in [3.63, 3.8) is 0 Å². The zero-order valence-electron chi connectivity index (χ0n) is 5.22. The van der Waals surface area contributed by atoms with Crippen LogP contribution in [-0.2, 0) is 4.79 Å². The van der Waals surface area contributed by atoms with Crippen LogP contribution in [0.5, 0.6) is 0 Å². The molecule has 0 saturated carbocycles. The number of aliphatic hydroxyl groups excluding tert-OH is 1. The Kier molecular flexibility index (Phi) is 4.40. The van der Waals surface area contributed by atoms with Crippen LogP contribution >= 0.6 is 15.9 Å². The minimum Gasteiger partial charge on any atom is -0.514 e. The van der Waals surface area contributed by atoms with Crippen LogP contribution in [0.4, 0.5) is 0 Å². The number of allylic oxidation sites excluding steroid dienone is 1. The molecule has 0 rings (SSSR count). The molecule has 0 bridgehead atoms. The molecule has 0 radical (unpaired) electrons. The second kappa shape index (κ2) is 4.56. The average molecular weight is 193 g/mol. The molecule has 0 aliphatic carbocycles. The van der Waals surface area contributed by atoms with Gasteiger partial charge in [0.05, 0.1) is 10.7 Å². The van der Waals surface area contributed by atoms with Gasteiger partial charge in [0.15, 0.2) is 5.78 Å². The molecule has 0 aliphatic rings. The minimum atomic E-state index is -0.0556. The van der Waals surface area contributed by atoms with Crippen LogP contribution in [0.1, 0.15) is 19.8 Å². The second-order valence-electron chi connectivity index (χ2n) is 1.65. The number of ketones is 1. The van der Waals surface area contributed by atoms with E-state index in [1.54, 1.807) is 0 Å². The molecule has 0 unspecified atom stereocenters. The van der Waals surface area contributed by atoms with E-state index in [4.69, 9.17) is 5.11 Å². The van der Waals surface area contributed by atoms with Gasteiger partial charge in [-0.25, -0.2) is 0 Å². The summed E-state index contributed by atoms with van der Waals surface area (Å²) in [4.78, 5) is 10.7. The van der Waals surface area contributed by atoms with Crippen molar-refractivity contribution in [2.24, 2.45) is 0 Å². The molecule has 0 saturated heterocycles. The van der Waals surface area contributed by atoms with Crippen molar-refractivity contribution in [1.29, 1.82) is 0 Å². The highest BCUT2D eigenvalue weighted by Gasteiger charge is 2.02. The predicted molar refractivity (Wildman–Crippen MR) is 39.6 cm³/mol. The standard InChI is InChI=1S/C6H9BrO2/c1-2-3-6(9)5(7)4-8/h4,8H,2-3H2,1H3/b5-4+. The summed E-state index contributed by atoms with van der Waals surface area (Å²) in [6.07, 6.45) is 2.07. The summed E-state index contributed by atoms with van der Waals surface area (Å²) in [7, 11) is 0. The third-order valence-corrected chi connectivity index (χ3v) is 1.50. The molecule has 52 valence electrons. The Labute approximate surface area is 62.7 Å². The van der Waals surface area contributed by atoms with Gasteiger partial charge in [-0.05, 0) is 22.4 Å². The third-order valence-electron chi connectivity index (χ3n) is 0.857. The van der Waals surface area contributed by atoms with Crippen LogP contribution in [0.2, 0.25) is 0 Å². The molecule has 0 fully saturated rings. The number of rotatable bonds is 3. The first kappa shape index (κ1) is 8.69. The van der Waals surface area contributed by atoms with Gasteiger partial charge < -0.3 is 5.11 Å². The summed E-state index contributed by atoms with van der Waals surface area (Å²) in [5.41, 5.74) is 0. The van der Waals surface area contributed by atoms with E-state index >= 15 is 0 Å². The Morgan fingerprint density at radius 1 is 1.78 bits per heavy atom. The second-order valence-corrected chi connectivity index (χ2v) is 2.50. The van der Waals surface area contributed by atoms with E-state index in [9.17, 15) is 4.79 Å². The topological polar surface area (TPSA) is 37.3 Å². The smallest absolute Gasteiger partial charge is 0.172 e. The number of carbonyl (C=O) groups excluding carboxylic acids is 1. The van der Waals surface area contributed by atoms with E-state index in [1.807, 2.05) is 6.92 Å². The summed E-state index contributed by atoms with van der Waals surface area (Å²) in [6.45, 7) is 1.91. The third kappa shape index (κ3) is 3.30. The maximum atomic E-state index is 10.7. The lowest BCUT2D eigenvalue weighted by Crippen LogP contribution is -1.95. The zero-order valence-corrected chi connectivity index (χ0v) is 6.81. The van der Waals surface area contributed by atoms with Crippen LogP contribution in [0.15, 0.2) is 10.7 Å². The van der Waals surface area contributed by atoms with Crippen LogP contribution in [0.25, 0.3) is 0 Å². The van der Waals surface area contributed by atoms with E-state index in [1.165, 1.54) is 0 Å². The van der Waals surface area contributed by atoms with E-state index in [0.717, 1.165) is 12.7 Å². The summed E-state index contributed by atoms with van der Waals surface area (Å²) in [6, 6.07) is 0. The van der Waals surface area contributed by atoms with Gasteiger partial charge in [0, 0.05) is 6.42 Å². The molecule has 3 heteroatoms. The molecule has 0 amide bonds. The van der Waals surface area contributed by atoms with Gasteiger partial charge in [-0.1, -0.05) is 6.92 Å². The van der Waals surface area contributed by atoms with E-state index in [0.29, 0.717) is 6.42 Å². The van der Waals surface area contributed by atoms with Crippen molar-refractivity contribution in [3.05, 3.63) is 10.7 Å². The highest BCUT2D eigenvalue weighted by atomic mass is 79.9. The summed E-state index contributed by atoms with van der Waals surface area (Å²) in [5.74, 6) is -0.0556. The van der Waals surface area contributed by atoms with Crippen LogP contribution in [0.3, 0.4) is 0 Å². The fourth-order valence-electron chi connectivity index (χ4n) is 0.418. The molecule has 0 aromatic carbocycles. The largest absolute Gasteiger partial charge is 0.514 e. The fraction of sp³-hybridized carbons (Fsp3) is 0.500. The predicted octanol–water partition coefficient (Wildman–Crippen LogP) is 2.15. The van der Waals surface area contributed by atoms with Gasteiger partial charge >= 0.3 is 0 Å². The molecule has 9 heavy (non-hydrogen) atoms. The monoisotopic (exact) mass is 192 g/mol. The lowest BCUT2D eigenvalue weighted by Gasteiger charge is -1.91. The van der Waals surface area contributed by atoms with Gasteiger partial charge in [0.2, 0.25) is 0 Å². The Morgan fingerprint density at radius 2 is 2.33 bits per heavy atom. The molecule has 2 nitrogen and oxygen atoms in total. The van der Waals surface area contributed by atoms with Crippen molar-refractivity contribution in [3.8, 4) is 0 Å². The molecule has 0 aromatic heterocycles. The van der Waals surface area contributed by atoms with Crippen LogP contribution < -0.4 is 0 Å². The van der Waals surface area contributed by atoms with Gasteiger partial charge in [-0.2, -0.15) is 0 Å². The van der Waals surface area contributed by atoms with Crippen molar-refractivity contribution in [1.82, 2.24) is 0 Å². The fourth-order valence-corrected chi connectivity index (χ4v) is 0.617. The number of halogens is 1. The van der Waals surface area contributed by atoms with E-state index in [-0.39, 0.29) is 10.3 Å². The summed E-state index contributed by atoms with van der Waals surface area (Å²) >= 11 is 2.90. The minimum absolute atomic E-state index is 0.0556. The van der Waals surface area contributed by atoms with Crippen LogP contribution in [-0.4, -0.2) is 10.9 Å². The van der Waals surface area contributed by atoms with Crippen molar-refractivity contribution >= 4 is 21.7 Å². The quantitative estimate of drug-likeness (QED) is 0.550. The van der Waals surface area contributed by atoms with Gasteiger partial charge in [-0.3, -0.25) is 4.79 Å². The first-order chi connectivity index (χ1) is 4.22. The molecular formula is C6H9BrO2. The highest BCUT2D eigenvalue weighted by molar-refractivity contribution is 9.12. The maximum absolute atomic E-state index is 10.7. The van der Waals surface area contributed by atoms with Gasteiger partial charge in [-0.15, -0.1) is 0 Å².